The molecular formula is C19H27NO3S. The number of hydrogen-bond acceptors (Lipinski definition) is 3. The Hall–Kier alpha value is -1.49. The van der Waals surface area contributed by atoms with E-state index in [-0.39, 0.29) is 5.91 Å². The normalized spacial score (nSPS) is 16.5. The van der Waals surface area contributed by atoms with Crippen LogP contribution in [-0.2, 0) is 4.79 Å². The van der Waals surface area contributed by atoms with Crippen molar-refractivity contribution in [1.82, 2.24) is 5.32 Å². The smallest absolute Gasteiger partial charge is 0.316 e. The second kappa shape index (κ2) is 9.72. The molecule has 1 amide bonds. The third-order valence-corrected chi connectivity index (χ3v) is 5.75. The van der Waals surface area contributed by atoms with Gasteiger partial charge in [-0.2, -0.15) is 0 Å². The van der Waals surface area contributed by atoms with E-state index in [1.807, 2.05) is 12.1 Å². The molecule has 4 nitrogen and oxygen atoms in total. The van der Waals surface area contributed by atoms with E-state index in [1.54, 1.807) is 19.1 Å². The van der Waals surface area contributed by atoms with Gasteiger partial charge in [0.05, 0.1) is 5.56 Å². The Labute approximate surface area is 148 Å². The standard InChI is InChI=1S/C19H27NO3S/c1-14(19(22)23)24-17-12-6-5-11-16(17)18(21)20-13-7-10-15-8-3-2-4-9-15/h5-6,11-12,14-15H,2-4,7-10,13H2,1H3,(H,20,21)(H,22,23). The summed E-state index contributed by atoms with van der Waals surface area (Å²) in [6.07, 6.45) is 8.94. The number of rotatable bonds is 8. The van der Waals surface area contributed by atoms with Crippen LogP contribution in [0.4, 0.5) is 0 Å². The number of carbonyl (C=O) groups excluding carboxylic acids is 1. The molecule has 0 aromatic heterocycles. The summed E-state index contributed by atoms with van der Waals surface area (Å²) in [7, 11) is 0. The first-order valence-electron chi connectivity index (χ1n) is 8.84. The first kappa shape index (κ1) is 18.8. The molecule has 2 N–H and O–H groups in total. The Kier molecular flexibility index (Phi) is 7.63. The zero-order valence-corrected chi connectivity index (χ0v) is 15.1. The Morgan fingerprint density at radius 1 is 1.25 bits per heavy atom. The van der Waals surface area contributed by atoms with Crippen LogP contribution in [0.15, 0.2) is 29.2 Å². The van der Waals surface area contributed by atoms with Gasteiger partial charge < -0.3 is 10.4 Å². The molecule has 0 aliphatic heterocycles. The average Bonchev–Trinajstić information content (AvgIpc) is 2.60. The maximum absolute atomic E-state index is 12.4. The molecule has 1 atom stereocenters. The highest BCUT2D eigenvalue weighted by Crippen LogP contribution is 2.28. The van der Waals surface area contributed by atoms with E-state index in [4.69, 9.17) is 5.11 Å². The Morgan fingerprint density at radius 2 is 1.96 bits per heavy atom. The molecule has 1 aliphatic rings. The minimum atomic E-state index is -0.873. The minimum absolute atomic E-state index is 0.112. The summed E-state index contributed by atoms with van der Waals surface area (Å²) in [6, 6.07) is 7.21. The van der Waals surface area contributed by atoms with Crippen LogP contribution >= 0.6 is 11.8 Å². The molecule has 132 valence electrons. The highest BCUT2D eigenvalue weighted by molar-refractivity contribution is 8.00. The van der Waals surface area contributed by atoms with Gasteiger partial charge in [-0.15, -0.1) is 11.8 Å². The Bertz CT molecular complexity index is 555. The van der Waals surface area contributed by atoms with Crippen molar-refractivity contribution in [2.75, 3.05) is 6.54 Å². The van der Waals surface area contributed by atoms with E-state index in [0.29, 0.717) is 12.1 Å². The number of carboxylic acids is 1. The molecule has 1 aromatic rings. The lowest BCUT2D eigenvalue weighted by atomic mass is 9.86. The summed E-state index contributed by atoms with van der Waals surface area (Å²) in [5.41, 5.74) is 0.563. The molecule has 5 heteroatoms. The first-order valence-corrected chi connectivity index (χ1v) is 9.72. The van der Waals surface area contributed by atoms with Gasteiger partial charge in [-0.1, -0.05) is 44.2 Å². The van der Waals surface area contributed by atoms with E-state index < -0.39 is 11.2 Å². The quantitative estimate of drug-likeness (QED) is 0.541. The van der Waals surface area contributed by atoms with Crippen LogP contribution in [0.3, 0.4) is 0 Å². The summed E-state index contributed by atoms with van der Waals surface area (Å²) in [5.74, 6) is -0.156. The maximum Gasteiger partial charge on any atom is 0.316 e. The van der Waals surface area contributed by atoms with Crippen molar-refractivity contribution in [2.24, 2.45) is 5.92 Å². The van der Waals surface area contributed by atoms with Crippen LogP contribution in [0.2, 0.25) is 0 Å². The van der Waals surface area contributed by atoms with Crippen molar-refractivity contribution in [3.05, 3.63) is 29.8 Å². The van der Waals surface area contributed by atoms with E-state index >= 15 is 0 Å². The fourth-order valence-corrected chi connectivity index (χ4v) is 4.09. The van der Waals surface area contributed by atoms with E-state index in [9.17, 15) is 9.59 Å². The van der Waals surface area contributed by atoms with Crippen LogP contribution in [0.5, 0.6) is 0 Å². The van der Waals surface area contributed by atoms with Crippen molar-refractivity contribution < 1.29 is 14.7 Å². The van der Waals surface area contributed by atoms with Gasteiger partial charge in [0.2, 0.25) is 0 Å². The van der Waals surface area contributed by atoms with Gasteiger partial charge in [0, 0.05) is 11.4 Å². The molecule has 0 bridgehead atoms. The third kappa shape index (κ3) is 5.86. The van der Waals surface area contributed by atoms with Gasteiger partial charge >= 0.3 is 5.97 Å². The fourth-order valence-electron chi connectivity index (χ4n) is 3.16. The van der Waals surface area contributed by atoms with Crippen LogP contribution in [0.25, 0.3) is 0 Å². The summed E-state index contributed by atoms with van der Waals surface area (Å²) in [6.45, 7) is 2.31. The number of aliphatic carboxylic acids is 1. The van der Waals surface area contributed by atoms with Crippen molar-refractivity contribution in [1.29, 1.82) is 0 Å². The summed E-state index contributed by atoms with van der Waals surface area (Å²) < 4.78 is 0. The van der Waals surface area contributed by atoms with Crippen molar-refractivity contribution >= 4 is 23.6 Å². The molecule has 0 spiro atoms. The SMILES string of the molecule is CC(Sc1ccccc1C(=O)NCCCC1CCCCC1)C(=O)O. The summed E-state index contributed by atoms with van der Waals surface area (Å²) in [5, 5.41) is 11.5. The van der Waals surface area contributed by atoms with Crippen LogP contribution in [-0.4, -0.2) is 28.8 Å². The second-order valence-electron chi connectivity index (χ2n) is 6.50. The van der Waals surface area contributed by atoms with Gasteiger partial charge in [-0.3, -0.25) is 9.59 Å². The fraction of sp³-hybridized carbons (Fsp3) is 0.579. The predicted octanol–water partition coefficient (Wildman–Crippen LogP) is 4.34. The molecule has 24 heavy (non-hydrogen) atoms. The number of benzene rings is 1. The zero-order chi connectivity index (χ0) is 17.4. The number of thioether (sulfide) groups is 1. The molecule has 0 heterocycles. The van der Waals surface area contributed by atoms with Crippen molar-refractivity contribution in [3.63, 3.8) is 0 Å². The van der Waals surface area contributed by atoms with E-state index in [0.717, 1.165) is 17.2 Å². The molecule has 2 rings (SSSR count). The van der Waals surface area contributed by atoms with Gasteiger partial charge in [-0.05, 0) is 37.8 Å². The number of nitrogens with one attached hydrogen (secondary N) is 1. The Balaban J connectivity index is 1.82. The third-order valence-electron chi connectivity index (χ3n) is 4.58. The summed E-state index contributed by atoms with van der Waals surface area (Å²) in [4.78, 5) is 24.1. The Morgan fingerprint density at radius 3 is 2.67 bits per heavy atom. The molecule has 1 unspecified atom stereocenters. The van der Waals surface area contributed by atoms with Crippen LogP contribution in [0.1, 0.15) is 62.2 Å². The van der Waals surface area contributed by atoms with Gasteiger partial charge in [-0.25, -0.2) is 0 Å². The monoisotopic (exact) mass is 349 g/mol. The number of carboxylic acid groups (broad SMARTS) is 1. The lowest BCUT2D eigenvalue weighted by molar-refractivity contribution is -0.136. The largest absolute Gasteiger partial charge is 0.480 e. The maximum atomic E-state index is 12.4. The van der Waals surface area contributed by atoms with Gasteiger partial charge in [0.15, 0.2) is 0 Å². The summed E-state index contributed by atoms with van der Waals surface area (Å²) >= 11 is 1.21. The van der Waals surface area contributed by atoms with Crippen LogP contribution in [0, 0.1) is 5.92 Å². The van der Waals surface area contributed by atoms with Crippen molar-refractivity contribution in [3.8, 4) is 0 Å². The molecule has 1 fully saturated rings. The van der Waals surface area contributed by atoms with E-state index in [2.05, 4.69) is 5.32 Å². The minimum Gasteiger partial charge on any atom is -0.480 e. The molecule has 1 aliphatic carbocycles. The van der Waals surface area contributed by atoms with E-state index in [1.165, 1.54) is 50.3 Å². The topological polar surface area (TPSA) is 66.4 Å². The predicted molar refractivity (Wildman–Crippen MR) is 97.5 cm³/mol. The molecule has 0 saturated heterocycles. The van der Waals surface area contributed by atoms with Crippen LogP contribution < -0.4 is 5.32 Å². The van der Waals surface area contributed by atoms with Gasteiger partial charge in [0.1, 0.15) is 5.25 Å². The number of carbonyl (C=O) groups is 2. The highest BCUT2D eigenvalue weighted by atomic mass is 32.2. The number of hydrogen-bond donors (Lipinski definition) is 2. The number of amides is 1. The lowest BCUT2D eigenvalue weighted by Gasteiger charge is -2.21. The molecular weight excluding hydrogens is 322 g/mol. The second-order valence-corrected chi connectivity index (χ2v) is 7.88. The van der Waals surface area contributed by atoms with Gasteiger partial charge in [0.25, 0.3) is 5.91 Å². The molecule has 1 saturated carbocycles. The highest BCUT2D eigenvalue weighted by Gasteiger charge is 2.18. The average molecular weight is 349 g/mol. The first-order chi connectivity index (χ1) is 11.6. The molecule has 0 radical (unpaired) electrons. The van der Waals surface area contributed by atoms with Crippen molar-refractivity contribution in [2.45, 2.75) is 62.0 Å². The zero-order valence-electron chi connectivity index (χ0n) is 14.3. The lowest BCUT2D eigenvalue weighted by Crippen LogP contribution is -2.25. The molecule has 1 aromatic carbocycles.